The maximum Gasteiger partial charge on any atom is 0.416 e. The van der Waals surface area contributed by atoms with Gasteiger partial charge in [0.1, 0.15) is 6.61 Å². The van der Waals surface area contributed by atoms with Crippen LogP contribution >= 0.6 is 11.6 Å². The van der Waals surface area contributed by atoms with E-state index in [0.717, 1.165) is 25.5 Å². The summed E-state index contributed by atoms with van der Waals surface area (Å²) >= 11 is 6.20. The lowest BCUT2D eigenvalue weighted by Gasteiger charge is -2.18. The fraction of sp³-hybridized carbons (Fsp3) is 0.421. The zero-order valence-electron chi connectivity index (χ0n) is 15.7. The second-order valence-electron chi connectivity index (χ2n) is 7.09. The van der Waals surface area contributed by atoms with Crippen LogP contribution in [0.4, 0.5) is 13.2 Å². The molecular weight excluding hydrogens is 407 g/mol. The summed E-state index contributed by atoms with van der Waals surface area (Å²) < 4.78 is 47.0. The van der Waals surface area contributed by atoms with Crippen molar-refractivity contribution in [3.8, 4) is 6.01 Å². The molecule has 0 spiro atoms. The lowest BCUT2D eigenvalue weighted by molar-refractivity contribution is -0.138. The van der Waals surface area contributed by atoms with E-state index in [1.54, 1.807) is 6.07 Å². The minimum absolute atomic E-state index is 0.00497. The number of hydrogen-bond donors (Lipinski definition) is 0. The van der Waals surface area contributed by atoms with Gasteiger partial charge in [-0.15, -0.1) is 5.10 Å². The zero-order chi connectivity index (χ0) is 20.6. The highest BCUT2D eigenvalue weighted by molar-refractivity contribution is 6.32. The predicted molar refractivity (Wildman–Crippen MR) is 101 cm³/mol. The monoisotopic (exact) mass is 425 g/mol. The first kappa shape index (κ1) is 19.9. The summed E-state index contributed by atoms with van der Waals surface area (Å²) in [4.78, 5) is 10.5. The van der Waals surface area contributed by atoms with Crippen LogP contribution in [0.5, 0.6) is 6.01 Å². The van der Waals surface area contributed by atoms with E-state index in [9.17, 15) is 13.2 Å². The summed E-state index contributed by atoms with van der Waals surface area (Å²) in [6, 6.07) is 5.79. The van der Waals surface area contributed by atoms with Crippen molar-refractivity contribution in [2.45, 2.75) is 31.5 Å². The molecule has 29 heavy (non-hydrogen) atoms. The van der Waals surface area contributed by atoms with Crippen LogP contribution in [0.2, 0.25) is 5.15 Å². The molecule has 3 aromatic rings. The Labute approximate surface area is 170 Å². The van der Waals surface area contributed by atoms with Gasteiger partial charge in [0.05, 0.1) is 17.5 Å². The minimum Gasteiger partial charge on any atom is -0.461 e. The number of likely N-dealkylation sites (N-methyl/N-ethyl adjacent to an activating group) is 1. The Morgan fingerprint density at radius 1 is 1.28 bits per heavy atom. The number of benzene rings is 1. The van der Waals surface area contributed by atoms with Gasteiger partial charge in [-0.05, 0) is 38.1 Å². The Kier molecular flexibility index (Phi) is 5.35. The molecule has 1 fully saturated rings. The maximum atomic E-state index is 13.3. The number of rotatable bonds is 5. The van der Waals surface area contributed by atoms with Gasteiger partial charge in [0.2, 0.25) is 0 Å². The van der Waals surface area contributed by atoms with Crippen LogP contribution in [0.1, 0.15) is 29.7 Å². The predicted octanol–water partition coefficient (Wildman–Crippen LogP) is 3.86. The molecule has 6 nitrogen and oxygen atoms in total. The van der Waals surface area contributed by atoms with Gasteiger partial charge in [0.25, 0.3) is 0 Å². The lowest BCUT2D eigenvalue weighted by Crippen LogP contribution is -2.31. The Balaban J connectivity index is 1.62. The van der Waals surface area contributed by atoms with Gasteiger partial charge in [-0.3, -0.25) is 0 Å². The normalized spacial score (nSPS) is 17.9. The SMILES string of the molecule is CN1CCCC1COc1nc(Cl)c2ncc(Cc3ccccc3C(F)(F)F)n2n1. The topological polar surface area (TPSA) is 55.5 Å². The summed E-state index contributed by atoms with van der Waals surface area (Å²) in [6.45, 7) is 1.43. The van der Waals surface area contributed by atoms with Gasteiger partial charge in [-0.25, -0.2) is 9.50 Å². The molecule has 0 bridgehead atoms. The highest BCUT2D eigenvalue weighted by Gasteiger charge is 2.33. The van der Waals surface area contributed by atoms with Crippen molar-refractivity contribution in [3.63, 3.8) is 0 Å². The van der Waals surface area contributed by atoms with Crippen molar-refractivity contribution >= 4 is 17.2 Å². The Bertz CT molecular complexity index is 1020. The third-order valence-corrected chi connectivity index (χ3v) is 5.40. The minimum atomic E-state index is -4.44. The van der Waals surface area contributed by atoms with Crippen LogP contribution in [-0.2, 0) is 12.6 Å². The summed E-state index contributed by atoms with van der Waals surface area (Å²) in [5.74, 6) is 0. The van der Waals surface area contributed by atoms with Crippen molar-refractivity contribution < 1.29 is 17.9 Å². The van der Waals surface area contributed by atoms with Crippen LogP contribution in [0.15, 0.2) is 30.5 Å². The molecular formula is C19H19ClF3N5O. The van der Waals surface area contributed by atoms with E-state index in [2.05, 4.69) is 20.0 Å². The molecule has 0 N–H and O–H groups in total. The van der Waals surface area contributed by atoms with Crippen LogP contribution < -0.4 is 4.74 Å². The first-order valence-corrected chi connectivity index (χ1v) is 9.59. The molecule has 0 saturated carbocycles. The van der Waals surface area contributed by atoms with Crippen molar-refractivity contribution in [3.05, 3.63) is 52.4 Å². The molecule has 154 valence electrons. The van der Waals surface area contributed by atoms with Crippen LogP contribution in [-0.4, -0.2) is 50.7 Å². The standard InChI is InChI=1S/C19H19ClF3N5O/c1-27-8-4-6-13(27)11-29-18-25-16(20)17-24-10-14(28(17)26-18)9-12-5-2-3-7-15(12)19(21,22)23/h2-3,5,7,10,13H,4,6,8-9,11H2,1H3. The summed E-state index contributed by atoms with van der Waals surface area (Å²) in [7, 11) is 2.03. The molecule has 1 aromatic carbocycles. The molecule has 10 heteroatoms. The van der Waals surface area contributed by atoms with Crippen molar-refractivity contribution in [2.75, 3.05) is 20.2 Å². The Hall–Kier alpha value is -2.39. The number of hydrogen-bond acceptors (Lipinski definition) is 5. The number of fused-ring (bicyclic) bond motifs is 1. The maximum absolute atomic E-state index is 13.3. The van der Waals surface area contributed by atoms with Gasteiger partial charge in [-0.1, -0.05) is 29.8 Å². The molecule has 0 aliphatic carbocycles. The first-order valence-electron chi connectivity index (χ1n) is 9.21. The van der Waals surface area contributed by atoms with Crippen LogP contribution in [0, 0.1) is 0 Å². The second kappa shape index (κ2) is 7.79. The van der Waals surface area contributed by atoms with E-state index < -0.39 is 11.7 Å². The molecule has 4 rings (SSSR count). The van der Waals surface area contributed by atoms with Crippen LogP contribution in [0.3, 0.4) is 0 Å². The number of imidazole rings is 1. The summed E-state index contributed by atoms with van der Waals surface area (Å²) in [6.07, 6.45) is -0.857. The average molecular weight is 426 g/mol. The largest absolute Gasteiger partial charge is 0.461 e. The first-order chi connectivity index (χ1) is 13.8. The molecule has 1 unspecified atom stereocenters. The number of ether oxygens (including phenoxy) is 1. The fourth-order valence-corrected chi connectivity index (χ4v) is 3.76. The van der Waals surface area contributed by atoms with E-state index in [-0.39, 0.29) is 34.8 Å². The number of alkyl halides is 3. The number of nitrogens with zero attached hydrogens (tertiary/aromatic N) is 5. The highest BCUT2D eigenvalue weighted by Crippen LogP contribution is 2.33. The number of likely N-dealkylation sites (tertiary alicyclic amines) is 1. The van der Waals surface area contributed by atoms with Crippen molar-refractivity contribution in [1.82, 2.24) is 24.5 Å². The second-order valence-corrected chi connectivity index (χ2v) is 7.45. The van der Waals surface area contributed by atoms with Gasteiger partial charge in [-0.2, -0.15) is 18.2 Å². The fourth-order valence-electron chi connectivity index (χ4n) is 3.56. The molecule has 1 saturated heterocycles. The van der Waals surface area contributed by atoms with Crippen molar-refractivity contribution in [2.24, 2.45) is 0 Å². The van der Waals surface area contributed by atoms with Crippen LogP contribution in [0.25, 0.3) is 5.65 Å². The highest BCUT2D eigenvalue weighted by atomic mass is 35.5. The smallest absolute Gasteiger partial charge is 0.416 e. The summed E-state index contributed by atoms with van der Waals surface area (Å²) in [5, 5.41) is 4.39. The lowest BCUT2D eigenvalue weighted by atomic mass is 10.0. The van der Waals surface area contributed by atoms with Gasteiger partial charge >= 0.3 is 12.2 Å². The summed E-state index contributed by atoms with van der Waals surface area (Å²) in [5.41, 5.74) is 0.183. The van der Waals surface area contributed by atoms with E-state index in [1.165, 1.54) is 22.8 Å². The van der Waals surface area contributed by atoms with E-state index in [4.69, 9.17) is 16.3 Å². The molecule has 3 heterocycles. The van der Waals surface area contributed by atoms with Crippen molar-refractivity contribution in [1.29, 1.82) is 0 Å². The van der Waals surface area contributed by atoms with E-state index >= 15 is 0 Å². The third-order valence-electron chi connectivity index (χ3n) is 5.14. The molecule has 2 aromatic heterocycles. The van der Waals surface area contributed by atoms with Gasteiger partial charge in [0, 0.05) is 12.5 Å². The molecule has 0 amide bonds. The van der Waals surface area contributed by atoms with Gasteiger partial charge in [0.15, 0.2) is 10.8 Å². The zero-order valence-corrected chi connectivity index (χ0v) is 16.4. The third kappa shape index (κ3) is 4.16. The Morgan fingerprint density at radius 3 is 2.79 bits per heavy atom. The van der Waals surface area contributed by atoms with E-state index in [0.29, 0.717) is 12.3 Å². The number of aromatic nitrogens is 4. The Morgan fingerprint density at radius 2 is 2.07 bits per heavy atom. The molecule has 1 aliphatic heterocycles. The average Bonchev–Trinajstić information content (AvgIpc) is 3.26. The quantitative estimate of drug-likeness (QED) is 0.621. The van der Waals surface area contributed by atoms with E-state index in [1.807, 2.05) is 7.05 Å². The number of halogens is 4. The van der Waals surface area contributed by atoms with Gasteiger partial charge < -0.3 is 9.64 Å². The molecule has 1 aliphatic rings. The molecule has 0 radical (unpaired) electrons. The molecule has 1 atom stereocenters.